The third-order valence-electron chi connectivity index (χ3n) is 3.30. The lowest BCUT2D eigenvalue weighted by atomic mass is 10.1. The van der Waals surface area contributed by atoms with Crippen LogP contribution in [0.2, 0.25) is 0 Å². The van der Waals surface area contributed by atoms with E-state index >= 15 is 0 Å². The van der Waals surface area contributed by atoms with Crippen LogP contribution in [0.4, 0.5) is 0 Å². The van der Waals surface area contributed by atoms with E-state index in [2.05, 4.69) is 5.32 Å². The van der Waals surface area contributed by atoms with Gasteiger partial charge in [-0.3, -0.25) is 9.59 Å². The highest BCUT2D eigenvalue weighted by atomic mass is 16.5. The smallest absolute Gasteiger partial charge is 0.326 e. The summed E-state index contributed by atoms with van der Waals surface area (Å²) in [4.78, 5) is 34.7. The molecule has 0 aromatic heterocycles. The van der Waals surface area contributed by atoms with Gasteiger partial charge in [0.25, 0.3) is 5.91 Å². The molecule has 6 nitrogen and oxygen atoms in total. The summed E-state index contributed by atoms with van der Waals surface area (Å²) in [6, 6.07) is 7.69. The fourth-order valence-corrected chi connectivity index (χ4v) is 2.01. The zero-order valence-corrected chi connectivity index (χ0v) is 12.7. The summed E-state index contributed by atoms with van der Waals surface area (Å²) in [6.07, 6.45) is -0.342. The van der Waals surface area contributed by atoms with Gasteiger partial charge in [-0.05, 0) is 12.0 Å². The number of carbonyl (C=O) groups is 3. The van der Waals surface area contributed by atoms with Crippen molar-refractivity contribution in [2.75, 3.05) is 7.11 Å². The van der Waals surface area contributed by atoms with Crippen LogP contribution in [0, 0.1) is 0 Å². The molecule has 0 aliphatic rings. The predicted molar refractivity (Wildman–Crippen MR) is 80.3 cm³/mol. The van der Waals surface area contributed by atoms with Crippen molar-refractivity contribution in [3.63, 3.8) is 0 Å². The molecule has 0 aliphatic carbocycles. The normalized spacial score (nSPS) is 13.2. The number of carboxylic acid groups (broad SMARTS) is 1. The summed E-state index contributed by atoms with van der Waals surface area (Å²) in [5.41, 5.74) is 0.635. The lowest BCUT2D eigenvalue weighted by Gasteiger charge is -2.19. The highest BCUT2D eigenvalue weighted by Crippen LogP contribution is 2.17. The zero-order chi connectivity index (χ0) is 16.5. The van der Waals surface area contributed by atoms with Crippen LogP contribution in [0.5, 0.6) is 0 Å². The van der Waals surface area contributed by atoms with Crippen molar-refractivity contribution >= 4 is 17.7 Å². The first kappa shape index (κ1) is 17.8. The summed E-state index contributed by atoms with van der Waals surface area (Å²) < 4.78 is 5.15. The van der Waals surface area contributed by atoms with Crippen molar-refractivity contribution in [2.24, 2.45) is 0 Å². The van der Waals surface area contributed by atoms with E-state index in [0.717, 1.165) is 0 Å². The molecule has 2 N–H and O–H groups in total. The molecule has 0 saturated carbocycles. The first-order valence-corrected chi connectivity index (χ1v) is 7.12. The highest BCUT2D eigenvalue weighted by molar-refractivity contribution is 5.87. The number of ketones is 1. The molecule has 0 saturated heterocycles. The molecule has 0 aliphatic heterocycles. The number of benzene rings is 1. The fourth-order valence-electron chi connectivity index (χ4n) is 2.01. The van der Waals surface area contributed by atoms with Gasteiger partial charge in [-0.2, -0.15) is 0 Å². The average molecular weight is 307 g/mol. The molecule has 0 radical (unpaired) electrons. The summed E-state index contributed by atoms with van der Waals surface area (Å²) in [6.45, 7) is 1.72. The van der Waals surface area contributed by atoms with Crippen molar-refractivity contribution < 1.29 is 24.2 Å². The van der Waals surface area contributed by atoms with E-state index in [9.17, 15) is 14.4 Å². The first-order valence-electron chi connectivity index (χ1n) is 7.12. The number of carboxylic acids is 1. The van der Waals surface area contributed by atoms with Crippen LogP contribution in [-0.2, 0) is 19.1 Å². The maximum absolute atomic E-state index is 12.2. The average Bonchev–Trinajstić information content (AvgIpc) is 2.52. The molecular formula is C16H21NO5. The molecule has 0 spiro atoms. The molecule has 22 heavy (non-hydrogen) atoms. The monoisotopic (exact) mass is 307 g/mol. The Bertz CT molecular complexity index is 515. The van der Waals surface area contributed by atoms with Crippen LogP contribution in [0.15, 0.2) is 30.3 Å². The van der Waals surface area contributed by atoms with Crippen LogP contribution in [0.3, 0.4) is 0 Å². The van der Waals surface area contributed by atoms with Crippen LogP contribution in [0.25, 0.3) is 0 Å². The second-order valence-electron chi connectivity index (χ2n) is 4.86. The number of Topliss-reactive ketones (excluding diaryl/α,β-unsaturated/α-hetero) is 1. The molecule has 0 heterocycles. The van der Waals surface area contributed by atoms with Gasteiger partial charge in [0.1, 0.15) is 11.8 Å². The van der Waals surface area contributed by atoms with Crippen molar-refractivity contribution in [1.29, 1.82) is 0 Å². The van der Waals surface area contributed by atoms with E-state index in [1.54, 1.807) is 31.2 Å². The van der Waals surface area contributed by atoms with E-state index < -0.39 is 24.0 Å². The number of hydrogen-bond donors (Lipinski definition) is 2. The van der Waals surface area contributed by atoms with Crippen LogP contribution >= 0.6 is 0 Å². The molecule has 120 valence electrons. The summed E-state index contributed by atoms with van der Waals surface area (Å²) in [5, 5.41) is 11.6. The zero-order valence-electron chi connectivity index (χ0n) is 12.7. The fraction of sp³-hybridized carbons (Fsp3) is 0.438. The molecule has 6 heteroatoms. The Morgan fingerprint density at radius 1 is 1.23 bits per heavy atom. The van der Waals surface area contributed by atoms with Gasteiger partial charge in [0, 0.05) is 20.0 Å². The Morgan fingerprint density at radius 3 is 2.36 bits per heavy atom. The third-order valence-corrected chi connectivity index (χ3v) is 3.30. The van der Waals surface area contributed by atoms with Crippen LogP contribution in [-0.4, -0.2) is 35.9 Å². The number of nitrogens with one attached hydrogen (secondary N) is 1. The van der Waals surface area contributed by atoms with Gasteiger partial charge < -0.3 is 15.2 Å². The highest BCUT2D eigenvalue weighted by Gasteiger charge is 2.26. The standard InChI is InChI=1S/C16H21NO5/c1-3-12(18)9-10-13(16(20)21)17-15(19)14(22-2)11-7-5-4-6-8-11/h4-8,13-14H,3,9-10H2,1-2H3,(H,17,19)(H,20,21)/t13-,14+/m0/s1. The van der Waals surface area contributed by atoms with Crippen LogP contribution in [0.1, 0.15) is 37.9 Å². The summed E-state index contributed by atoms with van der Waals surface area (Å²) in [7, 11) is 1.38. The lowest BCUT2D eigenvalue weighted by Crippen LogP contribution is -2.43. The maximum Gasteiger partial charge on any atom is 0.326 e. The molecule has 1 rings (SSSR count). The topological polar surface area (TPSA) is 92.7 Å². The minimum absolute atomic E-state index is 0.0353. The van der Waals surface area contributed by atoms with Gasteiger partial charge in [0.15, 0.2) is 6.10 Å². The van der Waals surface area contributed by atoms with Gasteiger partial charge in [-0.25, -0.2) is 4.79 Å². The lowest BCUT2D eigenvalue weighted by molar-refractivity contribution is -0.144. The molecule has 2 atom stereocenters. The Balaban J connectivity index is 2.73. The molecule has 0 bridgehead atoms. The first-order chi connectivity index (χ1) is 10.5. The number of rotatable bonds is 9. The molecular weight excluding hydrogens is 286 g/mol. The Morgan fingerprint density at radius 2 is 1.86 bits per heavy atom. The van der Waals surface area contributed by atoms with Gasteiger partial charge in [-0.1, -0.05) is 37.3 Å². The minimum Gasteiger partial charge on any atom is -0.480 e. The SMILES string of the molecule is CCC(=O)CC[C@H](NC(=O)[C@H](OC)c1ccccc1)C(=O)O. The van der Waals surface area contributed by atoms with Crippen molar-refractivity contribution in [1.82, 2.24) is 5.32 Å². The second-order valence-corrected chi connectivity index (χ2v) is 4.86. The maximum atomic E-state index is 12.2. The van der Waals surface area contributed by atoms with E-state index in [1.165, 1.54) is 7.11 Å². The Labute approximate surface area is 129 Å². The molecule has 1 aromatic carbocycles. The van der Waals surface area contributed by atoms with Crippen molar-refractivity contribution in [3.8, 4) is 0 Å². The van der Waals surface area contributed by atoms with E-state index in [1.807, 2.05) is 6.07 Å². The van der Waals surface area contributed by atoms with Gasteiger partial charge in [0.2, 0.25) is 0 Å². The van der Waals surface area contributed by atoms with E-state index in [0.29, 0.717) is 12.0 Å². The van der Waals surface area contributed by atoms with E-state index in [-0.39, 0.29) is 18.6 Å². The molecule has 1 amide bonds. The quantitative estimate of drug-likeness (QED) is 0.724. The second kappa shape index (κ2) is 8.94. The number of hydrogen-bond acceptors (Lipinski definition) is 4. The van der Waals surface area contributed by atoms with Crippen molar-refractivity contribution in [3.05, 3.63) is 35.9 Å². The Hall–Kier alpha value is -2.21. The van der Waals surface area contributed by atoms with Gasteiger partial charge in [-0.15, -0.1) is 0 Å². The number of aliphatic carboxylic acids is 1. The van der Waals surface area contributed by atoms with Crippen LogP contribution < -0.4 is 5.32 Å². The number of carbonyl (C=O) groups excluding carboxylic acids is 2. The minimum atomic E-state index is -1.17. The number of ether oxygens (including phenoxy) is 1. The summed E-state index contributed by atoms with van der Waals surface area (Å²) >= 11 is 0. The molecule has 0 fully saturated rings. The number of amides is 1. The Kier molecular flexibility index (Phi) is 7.25. The predicted octanol–water partition coefficient (Wildman–Crippen LogP) is 1.70. The van der Waals surface area contributed by atoms with E-state index in [4.69, 9.17) is 9.84 Å². The summed E-state index contributed by atoms with van der Waals surface area (Å²) in [5.74, 6) is -1.74. The number of methoxy groups -OCH3 is 1. The third kappa shape index (κ3) is 5.29. The molecule has 0 unspecified atom stereocenters. The largest absolute Gasteiger partial charge is 0.480 e. The van der Waals surface area contributed by atoms with Gasteiger partial charge in [0.05, 0.1) is 0 Å². The molecule has 1 aromatic rings. The van der Waals surface area contributed by atoms with Gasteiger partial charge >= 0.3 is 5.97 Å². The van der Waals surface area contributed by atoms with Crippen molar-refractivity contribution in [2.45, 2.75) is 38.3 Å².